The Kier molecular flexibility index (Phi) is 3.73. The molecule has 0 saturated carbocycles. The Morgan fingerprint density at radius 1 is 0.963 bits per heavy atom. The third kappa shape index (κ3) is 2.54. The Balaban J connectivity index is 1.56. The first-order valence-electron chi connectivity index (χ1n) is 9.56. The zero-order chi connectivity index (χ0) is 18.4. The molecule has 2 heterocycles. The largest absolute Gasteiger partial charge is 0.377 e. The molecule has 0 radical (unpaired) electrons. The number of ether oxygens (including phenoxy) is 1. The lowest BCUT2D eigenvalue weighted by Crippen LogP contribution is -2.40. The van der Waals surface area contributed by atoms with E-state index in [1.165, 1.54) is 33.3 Å². The summed E-state index contributed by atoms with van der Waals surface area (Å²) in [4.78, 5) is 4.58. The van der Waals surface area contributed by atoms with Gasteiger partial charge in [0, 0.05) is 43.8 Å². The standard InChI is InChI=1S/C24H24N2O/c1-25(2)23-12-11-18(20-8-4-5-9-21(20)23)13-14-24-17-19-7-3-6-10-22(19)26(24)15-16-27-24/h3-14H,15-17H2,1-2H3/b14-13+. The molecule has 0 aromatic heterocycles. The van der Waals surface area contributed by atoms with E-state index in [-0.39, 0.29) is 5.72 Å². The minimum absolute atomic E-state index is 0.342. The summed E-state index contributed by atoms with van der Waals surface area (Å²) in [5, 5.41) is 2.55. The molecule has 0 aliphatic carbocycles. The summed E-state index contributed by atoms with van der Waals surface area (Å²) in [6.07, 6.45) is 5.41. The van der Waals surface area contributed by atoms with Crippen molar-refractivity contribution in [2.45, 2.75) is 12.1 Å². The number of fused-ring (bicyclic) bond motifs is 4. The van der Waals surface area contributed by atoms with Gasteiger partial charge in [-0.05, 0) is 34.7 Å². The molecular weight excluding hydrogens is 332 g/mol. The molecule has 0 spiro atoms. The number of benzene rings is 3. The number of anilines is 2. The maximum Gasteiger partial charge on any atom is 0.165 e. The van der Waals surface area contributed by atoms with Crippen LogP contribution >= 0.6 is 0 Å². The van der Waals surface area contributed by atoms with Crippen LogP contribution < -0.4 is 9.80 Å². The van der Waals surface area contributed by atoms with Crippen molar-refractivity contribution in [2.75, 3.05) is 37.0 Å². The van der Waals surface area contributed by atoms with Crippen LogP contribution in [0.25, 0.3) is 16.8 Å². The highest BCUT2D eigenvalue weighted by Gasteiger charge is 2.46. The molecule has 0 amide bonds. The molecule has 3 aromatic carbocycles. The highest BCUT2D eigenvalue weighted by molar-refractivity contribution is 5.99. The van der Waals surface area contributed by atoms with Crippen LogP contribution in [0.5, 0.6) is 0 Å². The Morgan fingerprint density at radius 3 is 2.59 bits per heavy atom. The fourth-order valence-electron chi connectivity index (χ4n) is 4.51. The van der Waals surface area contributed by atoms with Gasteiger partial charge in [0.15, 0.2) is 5.72 Å². The van der Waals surface area contributed by atoms with Crippen molar-refractivity contribution >= 4 is 28.2 Å². The third-order valence-corrected chi connectivity index (χ3v) is 5.79. The second-order valence-corrected chi connectivity index (χ2v) is 7.60. The van der Waals surface area contributed by atoms with Gasteiger partial charge < -0.3 is 14.5 Å². The monoisotopic (exact) mass is 356 g/mol. The van der Waals surface area contributed by atoms with E-state index >= 15 is 0 Å². The molecule has 2 aliphatic heterocycles. The van der Waals surface area contributed by atoms with Crippen molar-refractivity contribution < 1.29 is 4.74 Å². The lowest BCUT2D eigenvalue weighted by Gasteiger charge is -2.29. The van der Waals surface area contributed by atoms with Gasteiger partial charge in [-0.2, -0.15) is 0 Å². The van der Waals surface area contributed by atoms with Crippen molar-refractivity contribution in [2.24, 2.45) is 0 Å². The molecule has 1 atom stereocenters. The minimum atomic E-state index is -0.342. The van der Waals surface area contributed by atoms with E-state index in [0.717, 1.165) is 19.6 Å². The van der Waals surface area contributed by atoms with E-state index in [0.29, 0.717) is 0 Å². The maximum atomic E-state index is 6.27. The summed E-state index contributed by atoms with van der Waals surface area (Å²) in [6.45, 7) is 1.72. The predicted octanol–water partition coefficient (Wildman–Crippen LogP) is 4.71. The minimum Gasteiger partial charge on any atom is -0.377 e. The second kappa shape index (κ2) is 6.14. The molecule has 0 bridgehead atoms. The molecule has 5 rings (SSSR count). The van der Waals surface area contributed by atoms with Crippen molar-refractivity contribution in [1.29, 1.82) is 0 Å². The molecule has 0 N–H and O–H groups in total. The van der Waals surface area contributed by atoms with Gasteiger partial charge in [0.2, 0.25) is 0 Å². The molecule has 3 aromatic rings. The Labute approximate surface area is 160 Å². The van der Waals surface area contributed by atoms with E-state index in [1.54, 1.807) is 0 Å². The van der Waals surface area contributed by atoms with Gasteiger partial charge in [0.25, 0.3) is 0 Å². The highest BCUT2D eigenvalue weighted by atomic mass is 16.5. The average molecular weight is 356 g/mol. The summed E-state index contributed by atoms with van der Waals surface area (Å²) in [5.74, 6) is 0. The Bertz CT molecular complexity index is 1040. The summed E-state index contributed by atoms with van der Waals surface area (Å²) < 4.78 is 6.27. The molecule has 136 valence electrons. The van der Waals surface area contributed by atoms with Crippen molar-refractivity contribution in [1.82, 2.24) is 0 Å². The molecule has 27 heavy (non-hydrogen) atoms. The topological polar surface area (TPSA) is 15.7 Å². The first-order valence-corrected chi connectivity index (χ1v) is 9.56. The maximum absolute atomic E-state index is 6.27. The molecule has 3 heteroatoms. The van der Waals surface area contributed by atoms with Gasteiger partial charge >= 0.3 is 0 Å². The van der Waals surface area contributed by atoms with Crippen molar-refractivity contribution in [3.63, 3.8) is 0 Å². The van der Waals surface area contributed by atoms with Crippen LogP contribution in [0.1, 0.15) is 11.1 Å². The Hall–Kier alpha value is -2.78. The molecule has 1 saturated heterocycles. The first kappa shape index (κ1) is 16.4. The van der Waals surface area contributed by atoms with E-state index < -0.39 is 0 Å². The second-order valence-electron chi connectivity index (χ2n) is 7.60. The molecular formula is C24H24N2O. The normalized spacial score (nSPS) is 21.0. The number of hydrogen-bond acceptors (Lipinski definition) is 3. The van der Waals surface area contributed by atoms with E-state index in [9.17, 15) is 0 Å². The highest BCUT2D eigenvalue weighted by Crippen LogP contribution is 2.43. The van der Waals surface area contributed by atoms with Gasteiger partial charge in [-0.15, -0.1) is 0 Å². The smallest absolute Gasteiger partial charge is 0.165 e. The predicted molar refractivity (Wildman–Crippen MR) is 113 cm³/mol. The summed E-state index contributed by atoms with van der Waals surface area (Å²) in [5.41, 5.74) is 4.82. The molecule has 2 aliphatic rings. The summed E-state index contributed by atoms with van der Waals surface area (Å²) in [7, 11) is 4.19. The van der Waals surface area contributed by atoms with Gasteiger partial charge in [-0.3, -0.25) is 0 Å². The van der Waals surface area contributed by atoms with Crippen LogP contribution in [-0.4, -0.2) is 33.0 Å². The SMILES string of the molecule is CN(C)c1ccc(/C=C/C23Cc4ccccc4N2CCO3)c2ccccc12. The van der Waals surface area contributed by atoms with Gasteiger partial charge in [0.1, 0.15) is 0 Å². The number of para-hydroxylation sites is 1. The van der Waals surface area contributed by atoms with Gasteiger partial charge in [-0.1, -0.05) is 54.6 Å². The number of rotatable bonds is 3. The average Bonchev–Trinajstić information content (AvgIpc) is 3.22. The van der Waals surface area contributed by atoms with E-state index in [4.69, 9.17) is 4.74 Å². The number of hydrogen-bond donors (Lipinski definition) is 0. The van der Waals surface area contributed by atoms with Gasteiger partial charge in [0.05, 0.1) is 6.61 Å². The fraction of sp³-hybridized carbons (Fsp3) is 0.250. The van der Waals surface area contributed by atoms with Crippen LogP contribution in [0.15, 0.2) is 66.7 Å². The molecule has 3 nitrogen and oxygen atoms in total. The van der Waals surface area contributed by atoms with Gasteiger partial charge in [-0.25, -0.2) is 0 Å². The first-order chi connectivity index (χ1) is 13.2. The van der Waals surface area contributed by atoms with Crippen LogP contribution in [0.2, 0.25) is 0 Å². The van der Waals surface area contributed by atoms with Crippen molar-refractivity contribution in [3.8, 4) is 0 Å². The Morgan fingerprint density at radius 2 is 1.74 bits per heavy atom. The molecule has 1 unspecified atom stereocenters. The zero-order valence-electron chi connectivity index (χ0n) is 15.9. The lowest BCUT2D eigenvalue weighted by molar-refractivity contribution is 0.0538. The number of nitrogens with zero attached hydrogens (tertiary/aromatic N) is 2. The van der Waals surface area contributed by atoms with Crippen molar-refractivity contribution in [3.05, 3.63) is 77.9 Å². The van der Waals surface area contributed by atoms with Crippen LogP contribution in [0, 0.1) is 0 Å². The molecule has 1 fully saturated rings. The van der Waals surface area contributed by atoms with E-state index in [2.05, 4.69) is 96.7 Å². The fourth-order valence-corrected chi connectivity index (χ4v) is 4.51. The quantitative estimate of drug-likeness (QED) is 0.676. The summed E-state index contributed by atoms with van der Waals surface area (Å²) >= 11 is 0. The van der Waals surface area contributed by atoms with Crippen LogP contribution in [0.3, 0.4) is 0 Å². The van der Waals surface area contributed by atoms with E-state index in [1.807, 2.05) is 0 Å². The third-order valence-electron chi connectivity index (χ3n) is 5.79. The lowest BCUT2D eigenvalue weighted by atomic mass is 10.00. The van der Waals surface area contributed by atoms with Crippen LogP contribution in [-0.2, 0) is 11.2 Å². The summed E-state index contributed by atoms with van der Waals surface area (Å²) in [6, 6.07) is 21.7. The zero-order valence-corrected chi connectivity index (χ0v) is 15.9. The van der Waals surface area contributed by atoms with Crippen LogP contribution in [0.4, 0.5) is 11.4 Å².